The number of hydrogen-bond acceptors (Lipinski definition) is 5. The molecule has 0 aromatic heterocycles. The molecular weight excluding hydrogens is 361 g/mol. The first kappa shape index (κ1) is 19.8. The summed E-state index contributed by atoms with van der Waals surface area (Å²) >= 11 is 0. The van der Waals surface area contributed by atoms with Crippen LogP contribution in [0.15, 0.2) is 42.5 Å². The Balaban J connectivity index is 1.55. The van der Waals surface area contributed by atoms with Gasteiger partial charge in [-0.15, -0.1) is 0 Å². The highest BCUT2D eigenvalue weighted by Crippen LogP contribution is 2.21. The van der Waals surface area contributed by atoms with Crippen LogP contribution in [-0.2, 0) is 9.53 Å². The van der Waals surface area contributed by atoms with Crippen molar-refractivity contribution in [1.29, 1.82) is 0 Å². The van der Waals surface area contributed by atoms with E-state index in [1.165, 1.54) is 13.2 Å². The lowest BCUT2D eigenvalue weighted by Gasteiger charge is -2.35. The van der Waals surface area contributed by atoms with Crippen molar-refractivity contribution in [2.45, 2.75) is 6.92 Å². The van der Waals surface area contributed by atoms with E-state index in [-0.39, 0.29) is 18.3 Å². The standard InChI is InChI=1S/C21H24FN3O3/c1-15-7-8-16(21(27)28-2)13-18(15)23-20(26)14-24-9-11-25(12-10-24)19-6-4-3-5-17(19)22/h3-8,13H,9-12,14H2,1-2H3,(H,23,26). The number of rotatable bonds is 5. The Kier molecular flexibility index (Phi) is 6.26. The fourth-order valence-electron chi connectivity index (χ4n) is 3.25. The summed E-state index contributed by atoms with van der Waals surface area (Å²) in [5, 5.41) is 2.87. The van der Waals surface area contributed by atoms with Crippen LogP contribution in [0.25, 0.3) is 0 Å². The summed E-state index contributed by atoms with van der Waals surface area (Å²) in [5.41, 5.74) is 2.45. The molecule has 3 rings (SSSR count). The van der Waals surface area contributed by atoms with Gasteiger partial charge in [0.1, 0.15) is 5.82 Å². The van der Waals surface area contributed by atoms with Gasteiger partial charge in [0, 0.05) is 31.9 Å². The average Bonchev–Trinajstić information content (AvgIpc) is 2.70. The smallest absolute Gasteiger partial charge is 0.337 e. The number of amides is 1. The molecular formula is C21H24FN3O3. The van der Waals surface area contributed by atoms with Crippen LogP contribution in [0, 0.1) is 12.7 Å². The highest BCUT2D eigenvalue weighted by atomic mass is 19.1. The third kappa shape index (κ3) is 4.67. The fraction of sp³-hybridized carbons (Fsp3) is 0.333. The predicted molar refractivity (Wildman–Crippen MR) is 106 cm³/mol. The fourth-order valence-corrected chi connectivity index (χ4v) is 3.25. The Hall–Kier alpha value is -2.93. The van der Waals surface area contributed by atoms with E-state index < -0.39 is 5.97 Å². The number of esters is 1. The zero-order valence-corrected chi connectivity index (χ0v) is 16.1. The van der Waals surface area contributed by atoms with Gasteiger partial charge in [0.05, 0.1) is 24.9 Å². The third-order valence-corrected chi connectivity index (χ3v) is 4.87. The number of ether oxygens (including phenoxy) is 1. The summed E-state index contributed by atoms with van der Waals surface area (Å²) in [4.78, 5) is 28.2. The quantitative estimate of drug-likeness (QED) is 0.802. The molecule has 0 radical (unpaired) electrons. The number of anilines is 2. The molecule has 2 aromatic rings. The number of para-hydroxylation sites is 1. The number of carbonyl (C=O) groups is 2. The molecule has 1 saturated heterocycles. The molecule has 0 spiro atoms. The lowest BCUT2D eigenvalue weighted by atomic mass is 10.1. The molecule has 6 nitrogen and oxygen atoms in total. The largest absolute Gasteiger partial charge is 0.465 e. The summed E-state index contributed by atoms with van der Waals surface area (Å²) in [7, 11) is 1.32. The summed E-state index contributed by atoms with van der Waals surface area (Å²) in [6.07, 6.45) is 0. The molecule has 0 saturated carbocycles. The molecule has 1 heterocycles. The number of benzene rings is 2. The van der Waals surface area contributed by atoms with Crippen LogP contribution >= 0.6 is 0 Å². The summed E-state index contributed by atoms with van der Waals surface area (Å²) < 4.78 is 18.6. The molecule has 1 fully saturated rings. The number of carbonyl (C=O) groups excluding carboxylic acids is 2. The first-order valence-corrected chi connectivity index (χ1v) is 9.18. The summed E-state index contributed by atoms with van der Waals surface area (Å²) in [6.45, 7) is 4.76. The molecule has 0 bridgehead atoms. The van der Waals surface area contributed by atoms with Gasteiger partial charge in [0.25, 0.3) is 0 Å². The molecule has 0 unspecified atom stereocenters. The molecule has 0 aliphatic carbocycles. The van der Waals surface area contributed by atoms with Crippen LogP contribution in [0.2, 0.25) is 0 Å². The van der Waals surface area contributed by atoms with E-state index in [1.54, 1.807) is 30.3 Å². The number of nitrogens with one attached hydrogen (secondary N) is 1. The van der Waals surface area contributed by atoms with E-state index >= 15 is 0 Å². The van der Waals surface area contributed by atoms with Gasteiger partial charge in [-0.05, 0) is 36.8 Å². The van der Waals surface area contributed by atoms with Gasteiger partial charge >= 0.3 is 5.97 Å². The minimum Gasteiger partial charge on any atom is -0.465 e. The normalized spacial score (nSPS) is 14.6. The molecule has 1 aliphatic heterocycles. The van der Waals surface area contributed by atoms with Gasteiger partial charge in [-0.3, -0.25) is 9.69 Å². The zero-order valence-electron chi connectivity index (χ0n) is 16.1. The van der Waals surface area contributed by atoms with Crippen molar-refractivity contribution in [3.8, 4) is 0 Å². The second-order valence-electron chi connectivity index (χ2n) is 6.78. The highest BCUT2D eigenvalue weighted by Gasteiger charge is 2.21. The second-order valence-corrected chi connectivity index (χ2v) is 6.78. The number of hydrogen-bond donors (Lipinski definition) is 1. The first-order chi connectivity index (χ1) is 13.5. The van der Waals surface area contributed by atoms with Crippen molar-refractivity contribution < 1.29 is 18.7 Å². The second kappa shape index (κ2) is 8.84. The minimum absolute atomic E-state index is 0.149. The molecule has 2 aromatic carbocycles. The Morgan fingerprint density at radius 3 is 2.50 bits per heavy atom. The monoisotopic (exact) mass is 385 g/mol. The Bertz CT molecular complexity index is 864. The van der Waals surface area contributed by atoms with Crippen molar-refractivity contribution >= 4 is 23.3 Å². The van der Waals surface area contributed by atoms with E-state index in [4.69, 9.17) is 4.74 Å². The number of halogens is 1. The Labute approximate surface area is 163 Å². The number of methoxy groups -OCH3 is 1. The van der Waals surface area contributed by atoms with Crippen molar-refractivity contribution in [3.05, 3.63) is 59.4 Å². The van der Waals surface area contributed by atoms with E-state index in [9.17, 15) is 14.0 Å². The van der Waals surface area contributed by atoms with E-state index in [1.807, 2.05) is 22.8 Å². The maximum Gasteiger partial charge on any atom is 0.337 e. The Morgan fingerprint density at radius 1 is 1.11 bits per heavy atom. The predicted octanol–water partition coefficient (Wildman–Crippen LogP) is 2.68. The van der Waals surface area contributed by atoms with Crippen molar-refractivity contribution in [2.24, 2.45) is 0 Å². The number of nitrogens with zero attached hydrogens (tertiary/aromatic N) is 2. The summed E-state index contributed by atoms with van der Waals surface area (Å²) in [6, 6.07) is 11.8. The topological polar surface area (TPSA) is 61.9 Å². The number of piperazine rings is 1. The van der Waals surface area contributed by atoms with Crippen molar-refractivity contribution in [3.63, 3.8) is 0 Å². The lowest BCUT2D eigenvalue weighted by molar-refractivity contribution is -0.117. The van der Waals surface area contributed by atoms with Crippen LogP contribution < -0.4 is 10.2 Å². The molecule has 1 amide bonds. The van der Waals surface area contributed by atoms with Gasteiger partial charge in [0.15, 0.2) is 0 Å². The molecule has 1 N–H and O–H groups in total. The van der Waals surface area contributed by atoms with Gasteiger partial charge in [-0.25, -0.2) is 9.18 Å². The Morgan fingerprint density at radius 2 is 1.82 bits per heavy atom. The van der Waals surface area contributed by atoms with Crippen LogP contribution in [0.5, 0.6) is 0 Å². The lowest BCUT2D eigenvalue weighted by Crippen LogP contribution is -2.48. The van der Waals surface area contributed by atoms with Crippen LogP contribution in [-0.4, -0.2) is 56.6 Å². The molecule has 148 valence electrons. The SMILES string of the molecule is COC(=O)c1ccc(C)c(NC(=O)CN2CCN(c3ccccc3F)CC2)c1. The van der Waals surface area contributed by atoms with Crippen LogP contribution in [0.3, 0.4) is 0 Å². The highest BCUT2D eigenvalue weighted by molar-refractivity contribution is 5.96. The maximum absolute atomic E-state index is 13.9. The van der Waals surface area contributed by atoms with Gasteiger partial charge in [-0.2, -0.15) is 0 Å². The van der Waals surface area contributed by atoms with Gasteiger partial charge in [0.2, 0.25) is 5.91 Å². The van der Waals surface area contributed by atoms with Crippen molar-refractivity contribution in [2.75, 3.05) is 50.1 Å². The average molecular weight is 385 g/mol. The van der Waals surface area contributed by atoms with Crippen molar-refractivity contribution in [1.82, 2.24) is 4.90 Å². The summed E-state index contributed by atoms with van der Waals surface area (Å²) in [5.74, 6) is -0.820. The third-order valence-electron chi connectivity index (χ3n) is 4.87. The molecule has 0 atom stereocenters. The van der Waals surface area contributed by atoms with Crippen LogP contribution in [0.1, 0.15) is 15.9 Å². The van der Waals surface area contributed by atoms with Gasteiger partial charge in [-0.1, -0.05) is 18.2 Å². The maximum atomic E-state index is 13.9. The zero-order chi connectivity index (χ0) is 20.1. The number of aryl methyl sites for hydroxylation is 1. The molecule has 1 aliphatic rings. The molecule has 7 heteroatoms. The van der Waals surface area contributed by atoms with E-state index in [0.717, 1.165) is 5.56 Å². The van der Waals surface area contributed by atoms with E-state index in [0.29, 0.717) is 43.1 Å². The molecule has 28 heavy (non-hydrogen) atoms. The van der Waals surface area contributed by atoms with E-state index in [2.05, 4.69) is 5.32 Å². The minimum atomic E-state index is -0.445. The van der Waals surface area contributed by atoms with Gasteiger partial charge < -0.3 is 15.0 Å². The van der Waals surface area contributed by atoms with Crippen LogP contribution in [0.4, 0.5) is 15.8 Å². The first-order valence-electron chi connectivity index (χ1n) is 9.18.